The van der Waals surface area contributed by atoms with Gasteiger partial charge in [-0.2, -0.15) is 0 Å². The Bertz CT molecular complexity index is 405. The largest absolute Gasteiger partial charge is 0.493 e. The molecule has 18 heavy (non-hydrogen) atoms. The van der Waals surface area contributed by atoms with Crippen LogP contribution in [0, 0.1) is 0 Å². The van der Waals surface area contributed by atoms with Crippen LogP contribution in [0.4, 0.5) is 0 Å². The van der Waals surface area contributed by atoms with Crippen LogP contribution in [0.5, 0.6) is 5.75 Å². The lowest BCUT2D eigenvalue weighted by atomic mass is 10.0. The summed E-state index contributed by atoms with van der Waals surface area (Å²) in [5.41, 5.74) is 2.48. The number of alkyl halides is 2. The maximum Gasteiger partial charge on any atom is 0.122 e. The molecule has 4 heteroatoms. The molecule has 0 radical (unpaired) electrons. The zero-order valence-corrected chi connectivity index (χ0v) is 12.2. The van der Waals surface area contributed by atoms with E-state index in [4.69, 9.17) is 27.9 Å². The molecule has 1 aliphatic rings. The third kappa shape index (κ3) is 3.31. The van der Waals surface area contributed by atoms with Gasteiger partial charge in [0.15, 0.2) is 0 Å². The molecule has 0 amide bonds. The SMILES string of the molecule is CC(CCl)(CCl)NCCc1ccc2c(c1)CCO2. The summed E-state index contributed by atoms with van der Waals surface area (Å²) in [7, 11) is 0. The lowest BCUT2D eigenvalue weighted by Gasteiger charge is -2.26. The molecule has 1 aromatic rings. The fourth-order valence-corrected chi connectivity index (χ4v) is 2.51. The van der Waals surface area contributed by atoms with Gasteiger partial charge in [-0.1, -0.05) is 12.1 Å². The summed E-state index contributed by atoms with van der Waals surface area (Å²) in [6.45, 7) is 3.74. The molecule has 1 N–H and O–H groups in total. The fraction of sp³-hybridized carbons (Fsp3) is 0.571. The number of nitrogens with one attached hydrogen (secondary N) is 1. The van der Waals surface area contributed by atoms with E-state index in [0.717, 1.165) is 31.7 Å². The van der Waals surface area contributed by atoms with Crippen LogP contribution in [0.2, 0.25) is 0 Å². The van der Waals surface area contributed by atoms with E-state index >= 15 is 0 Å². The third-order valence-electron chi connectivity index (χ3n) is 3.31. The molecule has 0 unspecified atom stereocenters. The van der Waals surface area contributed by atoms with Gasteiger partial charge >= 0.3 is 0 Å². The molecule has 0 fully saturated rings. The second-order valence-corrected chi connectivity index (χ2v) is 5.58. The average Bonchev–Trinajstić information content (AvgIpc) is 2.86. The minimum absolute atomic E-state index is 0.178. The van der Waals surface area contributed by atoms with Crippen molar-refractivity contribution in [3.63, 3.8) is 0 Å². The Morgan fingerprint density at radius 2 is 2.11 bits per heavy atom. The lowest BCUT2D eigenvalue weighted by Crippen LogP contribution is -2.46. The molecule has 0 atom stereocenters. The van der Waals surface area contributed by atoms with Gasteiger partial charge in [0, 0.05) is 23.7 Å². The van der Waals surface area contributed by atoms with Crippen molar-refractivity contribution in [2.75, 3.05) is 24.9 Å². The Balaban J connectivity index is 1.87. The predicted molar refractivity (Wildman–Crippen MR) is 77.2 cm³/mol. The minimum Gasteiger partial charge on any atom is -0.493 e. The molecular formula is C14H19Cl2NO. The van der Waals surface area contributed by atoms with E-state index in [1.165, 1.54) is 11.1 Å². The smallest absolute Gasteiger partial charge is 0.122 e. The van der Waals surface area contributed by atoms with Crippen LogP contribution in [0.15, 0.2) is 18.2 Å². The van der Waals surface area contributed by atoms with Crippen molar-refractivity contribution in [1.82, 2.24) is 5.32 Å². The number of rotatable bonds is 6. The molecule has 0 aromatic heterocycles. The highest BCUT2D eigenvalue weighted by atomic mass is 35.5. The van der Waals surface area contributed by atoms with E-state index in [0.29, 0.717) is 11.8 Å². The van der Waals surface area contributed by atoms with Crippen LogP contribution < -0.4 is 10.1 Å². The third-order valence-corrected chi connectivity index (χ3v) is 4.49. The van der Waals surface area contributed by atoms with Crippen molar-refractivity contribution in [3.05, 3.63) is 29.3 Å². The summed E-state index contributed by atoms with van der Waals surface area (Å²) in [5.74, 6) is 2.08. The van der Waals surface area contributed by atoms with Crippen LogP contribution in [-0.4, -0.2) is 30.5 Å². The zero-order valence-electron chi connectivity index (χ0n) is 10.6. The van der Waals surface area contributed by atoms with E-state index in [-0.39, 0.29) is 5.54 Å². The molecule has 2 rings (SSSR count). The van der Waals surface area contributed by atoms with Gasteiger partial charge in [0.05, 0.1) is 6.61 Å². The van der Waals surface area contributed by atoms with E-state index in [1.807, 2.05) is 6.92 Å². The molecule has 1 aromatic carbocycles. The Morgan fingerprint density at radius 3 is 2.83 bits per heavy atom. The molecule has 0 bridgehead atoms. The number of fused-ring (bicyclic) bond motifs is 1. The van der Waals surface area contributed by atoms with Crippen LogP contribution in [0.25, 0.3) is 0 Å². The minimum atomic E-state index is -0.178. The van der Waals surface area contributed by atoms with Gasteiger partial charge in [0.1, 0.15) is 5.75 Å². The highest BCUT2D eigenvalue weighted by Crippen LogP contribution is 2.25. The fourth-order valence-electron chi connectivity index (χ4n) is 2.03. The average molecular weight is 288 g/mol. The topological polar surface area (TPSA) is 21.3 Å². The first-order valence-corrected chi connectivity index (χ1v) is 7.35. The molecule has 2 nitrogen and oxygen atoms in total. The van der Waals surface area contributed by atoms with Crippen molar-refractivity contribution in [2.45, 2.75) is 25.3 Å². The molecule has 1 aliphatic heterocycles. The maximum absolute atomic E-state index is 5.90. The van der Waals surface area contributed by atoms with E-state index in [9.17, 15) is 0 Å². The Morgan fingerprint density at radius 1 is 1.33 bits per heavy atom. The predicted octanol–water partition coefficient (Wildman–Crippen LogP) is 2.99. The standard InChI is InChI=1S/C14H19Cl2NO/c1-14(9-15,10-16)17-6-4-11-2-3-13-12(8-11)5-7-18-13/h2-3,8,17H,4-7,9-10H2,1H3. The van der Waals surface area contributed by atoms with Gasteiger partial charge in [-0.3, -0.25) is 0 Å². The highest BCUT2D eigenvalue weighted by Gasteiger charge is 2.20. The van der Waals surface area contributed by atoms with Gasteiger partial charge in [-0.25, -0.2) is 0 Å². The summed E-state index contributed by atoms with van der Waals surface area (Å²) in [6.07, 6.45) is 2.01. The van der Waals surface area contributed by atoms with Crippen LogP contribution >= 0.6 is 23.2 Å². The lowest BCUT2D eigenvalue weighted by molar-refractivity contribution is 0.357. The quantitative estimate of drug-likeness (QED) is 0.813. The maximum atomic E-state index is 5.90. The molecule has 0 spiro atoms. The molecule has 100 valence electrons. The van der Waals surface area contributed by atoms with Crippen molar-refractivity contribution < 1.29 is 4.74 Å². The molecular weight excluding hydrogens is 269 g/mol. The first kappa shape index (κ1) is 14.0. The molecule has 0 saturated heterocycles. The van der Waals surface area contributed by atoms with Crippen molar-refractivity contribution >= 4 is 23.2 Å². The van der Waals surface area contributed by atoms with Gasteiger partial charge in [-0.05, 0) is 37.1 Å². The normalized spacial score (nSPS) is 14.4. The van der Waals surface area contributed by atoms with E-state index in [2.05, 4.69) is 23.5 Å². The molecule has 0 saturated carbocycles. The van der Waals surface area contributed by atoms with E-state index in [1.54, 1.807) is 0 Å². The Hall–Kier alpha value is -0.440. The summed E-state index contributed by atoms with van der Waals surface area (Å²) < 4.78 is 5.50. The van der Waals surface area contributed by atoms with Crippen LogP contribution in [0.1, 0.15) is 18.1 Å². The van der Waals surface area contributed by atoms with Crippen LogP contribution in [-0.2, 0) is 12.8 Å². The summed E-state index contributed by atoms with van der Waals surface area (Å²) in [4.78, 5) is 0. The second-order valence-electron chi connectivity index (χ2n) is 5.05. The zero-order chi connectivity index (χ0) is 13.0. The number of ether oxygens (including phenoxy) is 1. The molecule has 1 heterocycles. The van der Waals surface area contributed by atoms with Crippen LogP contribution in [0.3, 0.4) is 0 Å². The van der Waals surface area contributed by atoms with Crippen molar-refractivity contribution in [3.8, 4) is 5.75 Å². The van der Waals surface area contributed by atoms with Gasteiger partial charge in [0.25, 0.3) is 0 Å². The first-order chi connectivity index (χ1) is 8.67. The number of hydrogen-bond acceptors (Lipinski definition) is 2. The number of benzene rings is 1. The summed E-state index contributed by atoms with van der Waals surface area (Å²) >= 11 is 11.8. The summed E-state index contributed by atoms with van der Waals surface area (Å²) in [6, 6.07) is 6.44. The van der Waals surface area contributed by atoms with Gasteiger partial charge in [-0.15, -0.1) is 23.2 Å². The first-order valence-electron chi connectivity index (χ1n) is 6.28. The van der Waals surface area contributed by atoms with Gasteiger partial charge < -0.3 is 10.1 Å². The van der Waals surface area contributed by atoms with E-state index < -0.39 is 0 Å². The Labute approximate surface area is 119 Å². The highest BCUT2D eigenvalue weighted by molar-refractivity contribution is 6.22. The number of halogens is 2. The monoisotopic (exact) mass is 287 g/mol. The number of hydrogen-bond donors (Lipinski definition) is 1. The second kappa shape index (κ2) is 6.14. The van der Waals surface area contributed by atoms with Crippen molar-refractivity contribution in [1.29, 1.82) is 0 Å². The van der Waals surface area contributed by atoms with Gasteiger partial charge in [0.2, 0.25) is 0 Å². The Kier molecular flexibility index (Phi) is 4.77. The molecule has 0 aliphatic carbocycles. The summed E-state index contributed by atoms with van der Waals surface area (Å²) in [5, 5.41) is 3.42. The van der Waals surface area contributed by atoms with Crippen molar-refractivity contribution in [2.24, 2.45) is 0 Å².